The first kappa shape index (κ1) is 16.8. The van der Waals surface area contributed by atoms with Crippen LogP contribution in [0, 0.1) is 0 Å². The fraction of sp³-hybridized carbons (Fsp3) is 0.222. The zero-order chi connectivity index (χ0) is 17.3. The maximum Gasteiger partial charge on any atom is 0.337 e. The summed E-state index contributed by atoms with van der Waals surface area (Å²) in [5.41, 5.74) is 2.89. The van der Waals surface area contributed by atoms with Gasteiger partial charge in [0.15, 0.2) is 0 Å². The molecular weight excluding hydrogens is 349 g/mol. The van der Waals surface area contributed by atoms with Gasteiger partial charge >= 0.3 is 5.97 Å². The largest absolute Gasteiger partial charge is 0.465 e. The van der Waals surface area contributed by atoms with Crippen LogP contribution in [0.3, 0.4) is 0 Å². The number of esters is 1. The topological polar surface area (TPSA) is 46.6 Å². The molecule has 1 aliphatic heterocycles. The van der Waals surface area contributed by atoms with Gasteiger partial charge in [-0.05, 0) is 47.9 Å². The number of methoxy groups -OCH3 is 1. The number of hydrogen-bond donors (Lipinski definition) is 0. The lowest BCUT2D eigenvalue weighted by Crippen LogP contribution is -2.30. The van der Waals surface area contributed by atoms with Gasteiger partial charge in [-0.15, -0.1) is 0 Å². The van der Waals surface area contributed by atoms with Crippen LogP contribution in [-0.4, -0.2) is 25.5 Å². The van der Waals surface area contributed by atoms with Crippen molar-refractivity contribution in [3.63, 3.8) is 0 Å². The van der Waals surface area contributed by atoms with Crippen molar-refractivity contribution in [1.82, 2.24) is 0 Å². The van der Waals surface area contributed by atoms with Crippen LogP contribution in [0.25, 0.3) is 0 Å². The summed E-state index contributed by atoms with van der Waals surface area (Å²) < 4.78 is 4.73. The summed E-state index contributed by atoms with van der Waals surface area (Å²) in [4.78, 5) is 26.0. The van der Waals surface area contributed by atoms with E-state index in [1.165, 1.54) is 7.11 Å². The second-order valence-corrected chi connectivity index (χ2v) is 6.32. The molecule has 2 aromatic carbocycles. The van der Waals surface area contributed by atoms with Crippen LogP contribution in [0.1, 0.15) is 21.5 Å². The Hall–Kier alpha value is -2.04. The van der Waals surface area contributed by atoms with Crippen molar-refractivity contribution in [3.05, 3.63) is 63.1 Å². The van der Waals surface area contributed by atoms with Gasteiger partial charge in [-0.3, -0.25) is 4.79 Å². The van der Waals surface area contributed by atoms with Gasteiger partial charge in [0.05, 0.1) is 19.1 Å². The molecule has 3 rings (SSSR count). The number of hydrogen-bond acceptors (Lipinski definition) is 3. The van der Waals surface area contributed by atoms with Crippen molar-refractivity contribution >= 4 is 40.8 Å². The van der Waals surface area contributed by atoms with E-state index in [-0.39, 0.29) is 18.3 Å². The molecule has 1 heterocycles. The van der Waals surface area contributed by atoms with Gasteiger partial charge in [0.1, 0.15) is 0 Å². The Labute approximate surface area is 149 Å². The van der Waals surface area contributed by atoms with E-state index < -0.39 is 0 Å². The van der Waals surface area contributed by atoms with Gasteiger partial charge in [0.25, 0.3) is 0 Å². The highest BCUT2D eigenvalue weighted by Gasteiger charge is 2.26. The van der Waals surface area contributed by atoms with Gasteiger partial charge in [0.2, 0.25) is 5.91 Å². The Balaban J connectivity index is 1.83. The molecule has 4 nitrogen and oxygen atoms in total. The van der Waals surface area contributed by atoms with Crippen LogP contribution in [0.15, 0.2) is 36.4 Å². The predicted octanol–water partition coefficient (Wildman–Crippen LogP) is 3.91. The maximum absolute atomic E-state index is 12.7. The van der Waals surface area contributed by atoms with Crippen molar-refractivity contribution in [2.45, 2.75) is 12.8 Å². The molecule has 1 amide bonds. The van der Waals surface area contributed by atoms with Crippen LogP contribution in [-0.2, 0) is 22.4 Å². The average molecular weight is 364 g/mol. The van der Waals surface area contributed by atoms with E-state index in [0.29, 0.717) is 34.1 Å². The minimum Gasteiger partial charge on any atom is -0.465 e. The van der Waals surface area contributed by atoms with E-state index in [0.717, 1.165) is 11.3 Å². The molecule has 0 fully saturated rings. The Morgan fingerprint density at radius 1 is 1.17 bits per heavy atom. The van der Waals surface area contributed by atoms with Crippen molar-refractivity contribution in [2.75, 3.05) is 18.6 Å². The molecule has 0 unspecified atom stereocenters. The number of carbonyl (C=O) groups excluding carboxylic acids is 2. The summed E-state index contributed by atoms with van der Waals surface area (Å²) >= 11 is 12.3. The first-order valence-electron chi connectivity index (χ1n) is 7.45. The molecule has 0 atom stereocenters. The fourth-order valence-corrected chi connectivity index (χ4v) is 3.38. The molecule has 2 aromatic rings. The molecule has 0 saturated carbocycles. The molecule has 0 saturated heterocycles. The van der Waals surface area contributed by atoms with Gasteiger partial charge in [-0.2, -0.15) is 0 Å². The summed E-state index contributed by atoms with van der Waals surface area (Å²) in [6.45, 7) is 0.570. The second kappa shape index (κ2) is 6.83. The molecule has 1 aliphatic rings. The molecule has 24 heavy (non-hydrogen) atoms. The molecule has 0 N–H and O–H groups in total. The maximum atomic E-state index is 12.7. The van der Waals surface area contributed by atoms with Crippen LogP contribution >= 0.6 is 23.2 Å². The van der Waals surface area contributed by atoms with Gasteiger partial charge < -0.3 is 9.64 Å². The van der Waals surface area contributed by atoms with E-state index in [1.54, 1.807) is 41.3 Å². The zero-order valence-corrected chi connectivity index (χ0v) is 14.5. The fourth-order valence-electron chi connectivity index (χ4n) is 2.85. The van der Waals surface area contributed by atoms with Crippen LogP contribution < -0.4 is 4.90 Å². The number of rotatable bonds is 3. The number of nitrogens with zero attached hydrogens (tertiary/aromatic N) is 1. The third kappa shape index (κ3) is 3.12. The third-order valence-corrected chi connectivity index (χ3v) is 4.80. The lowest BCUT2D eigenvalue weighted by Gasteiger charge is -2.18. The number of fused-ring (bicyclic) bond motifs is 1. The van der Waals surface area contributed by atoms with Crippen LogP contribution in [0.4, 0.5) is 5.69 Å². The van der Waals surface area contributed by atoms with Crippen molar-refractivity contribution in [3.8, 4) is 0 Å². The Morgan fingerprint density at radius 3 is 2.54 bits per heavy atom. The van der Waals surface area contributed by atoms with E-state index in [1.807, 2.05) is 0 Å². The highest BCUT2D eigenvalue weighted by Crippen LogP contribution is 2.31. The zero-order valence-electron chi connectivity index (χ0n) is 13.0. The number of carbonyl (C=O) groups is 2. The number of anilines is 1. The number of ether oxygens (including phenoxy) is 1. The minimum absolute atomic E-state index is 0.0745. The summed E-state index contributed by atoms with van der Waals surface area (Å²) in [7, 11) is 1.35. The van der Waals surface area contributed by atoms with E-state index in [2.05, 4.69) is 0 Å². The highest BCUT2D eigenvalue weighted by molar-refractivity contribution is 6.36. The average Bonchev–Trinajstić information content (AvgIpc) is 3.00. The normalized spacial score (nSPS) is 12.9. The van der Waals surface area contributed by atoms with Crippen molar-refractivity contribution in [2.24, 2.45) is 0 Å². The molecule has 0 spiro atoms. The summed E-state index contributed by atoms with van der Waals surface area (Å²) in [5.74, 6) is -0.458. The van der Waals surface area contributed by atoms with Crippen LogP contribution in [0.2, 0.25) is 10.0 Å². The SMILES string of the molecule is COC(=O)c1ccc2c(c1)CCN2C(=O)Cc1c(Cl)cccc1Cl. The third-order valence-electron chi connectivity index (χ3n) is 4.09. The van der Waals surface area contributed by atoms with E-state index >= 15 is 0 Å². The lowest BCUT2D eigenvalue weighted by atomic mass is 10.1. The van der Waals surface area contributed by atoms with Crippen molar-refractivity contribution < 1.29 is 14.3 Å². The molecule has 0 aliphatic carbocycles. The quantitative estimate of drug-likeness (QED) is 0.776. The Morgan fingerprint density at radius 2 is 1.88 bits per heavy atom. The lowest BCUT2D eigenvalue weighted by molar-refractivity contribution is -0.117. The van der Waals surface area contributed by atoms with E-state index in [9.17, 15) is 9.59 Å². The van der Waals surface area contributed by atoms with Crippen molar-refractivity contribution in [1.29, 1.82) is 0 Å². The number of amides is 1. The molecule has 124 valence electrons. The Kier molecular flexibility index (Phi) is 4.78. The molecule has 6 heteroatoms. The predicted molar refractivity (Wildman–Crippen MR) is 94.0 cm³/mol. The summed E-state index contributed by atoms with van der Waals surface area (Å²) in [6, 6.07) is 10.4. The smallest absolute Gasteiger partial charge is 0.337 e. The van der Waals surface area contributed by atoms with Crippen LogP contribution in [0.5, 0.6) is 0 Å². The molecule has 0 aromatic heterocycles. The van der Waals surface area contributed by atoms with E-state index in [4.69, 9.17) is 27.9 Å². The molecule has 0 radical (unpaired) electrons. The number of halogens is 2. The summed E-state index contributed by atoms with van der Waals surface area (Å²) in [6.07, 6.45) is 0.832. The second-order valence-electron chi connectivity index (χ2n) is 5.51. The molecule has 0 bridgehead atoms. The Bertz CT molecular complexity index is 800. The highest BCUT2D eigenvalue weighted by atomic mass is 35.5. The van der Waals surface area contributed by atoms with Gasteiger partial charge in [-0.25, -0.2) is 4.79 Å². The summed E-state index contributed by atoms with van der Waals surface area (Å²) in [5, 5.41) is 0.965. The number of benzene rings is 2. The first-order chi connectivity index (χ1) is 11.5. The first-order valence-corrected chi connectivity index (χ1v) is 8.21. The monoisotopic (exact) mass is 363 g/mol. The van der Waals surface area contributed by atoms with Gasteiger partial charge in [0, 0.05) is 22.3 Å². The molecular formula is C18H15Cl2NO3. The minimum atomic E-state index is -0.384. The van der Waals surface area contributed by atoms with Gasteiger partial charge in [-0.1, -0.05) is 29.3 Å². The standard InChI is InChI=1S/C18H15Cl2NO3/c1-24-18(23)12-5-6-16-11(9-12)7-8-21(16)17(22)10-13-14(19)3-2-4-15(13)20/h2-6,9H,7-8,10H2,1H3.